The second-order valence-electron chi connectivity index (χ2n) is 10.4. The highest BCUT2D eigenvalue weighted by Gasteiger charge is 2.47. The molecule has 2 atom stereocenters. The Kier molecular flexibility index (Phi) is 7.64. The van der Waals surface area contributed by atoms with E-state index in [1.807, 2.05) is 25.1 Å². The standard InChI is InChI=1S/C33H24Br2N2O5/c1-18-14-22(35)15-26-27(33(41)42-17-29(38)20-6-10-21(34)11-7-20)16-28(36-30(18)26)19-8-12-23(13-9-19)37-31(39)24-4-2-3-5-25(24)32(37)40/h2-3,6-16,24-25H,4-5,17H2,1H3. The summed E-state index contributed by atoms with van der Waals surface area (Å²) in [5.41, 5.74) is 3.90. The van der Waals surface area contributed by atoms with Gasteiger partial charge < -0.3 is 4.74 Å². The molecule has 42 heavy (non-hydrogen) atoms. The summed E-state index contributed by atoms with van der Waals surface area (Å²) in [6.07, 6.45) is 5.08. The van der Waals surface area contributed by atoms with Crippen LogP contribution in [0.4, 0.5) is 5.69 Å². The van der Waals surface area contributed by atoms with E-state index in [1.165, 1.54) is 4.90 Å². The Morgan fingerprint density at radius 1 is 0.881 bits per heavy atom. The molecular formula is C33H24Br2N2O5. The van der Waals surface area contributed by atoms with E-state index < -0.39 is 12.6 Å². The zero-order chi connectivity index (χ0) is 29.5. The number of aryl methyl sites for hydroxylation is 1. The molecule has 2 unspecified atom stereocenters. The summed E-state index contributed by atoms with van der Waals surface area (Å²) in [6, 6.07) is 19.2. The van der Waals surface area contributed by atoms with Gasteiger partial charge in [-0.05, 0) is 67.8 Å². The maximum atomic E-state index is 13.4. The van der Waals surface area contributed by atoms with Crippen molar-refractivity contribution in [3.05, 3.63) is 105 Å². The first-order valence-electron chi connectivity index (χ1n) is 13.4. The zero-order valence-electron chi connectivity index (χ0n) is 22.5. The number of nitrogens with zero attached hydrogens (tertiary/aromatic N) is 2. The number of rotatable bonds is 6. The van der Waals surface area contributed by atoms with Crippen LogP contribution in [0.3, 0.4) is 0 Å². The summed E-state index contributed by atoms with van der Waals surface area (Å²) in [7, 11) is 0. The highest BCUT2D eigenvalue weighted by Crippen LogP contribution is 2.38. The summed E-state index contributed by atoms with van der Waals surface area (Å²) < 4.78 is 7.10. The molecule has 9 heteroatoms. The molecule has 210 valence electrons. The smallest absolute Gasteiger partial charge is 0.339 e. The lowest BCUT2D eigenvalue weighted by molar-refractivity contribution is -0.122. The molecule has 0 radical (unpaired) electrons. The van der Waals surface area contributed by atoms with Gasteiger partial charge in [0, 0.05) is 25.5 Å². The minimum atomic E-state index is -0.646. The van der Waals surface area contributed by atoms with Crippen molar-refractivity contribution in [3.63, 3.8) is 0 Å². The third-order valence-corrected chi connectivity index (χ3v) is 8.70. The third-order valence-electron chi connectivity index (χ3n) is 7.72. The van der Waals surface area contributed by atoms with Crippen LogP contribution in [0, 0.1) is 18.8 Å². The number of pyridine rings is 1. The van der Waals surface area contributed by atoms with Crippen molar-refractivity contribution in [2.45, 2.75) is 19.8 Å². The normalized spacial score (nSPS) is 17.9. The fourth-order valence-electron chi connectivity index (χ4n) is 5.54. The molecular weight excluding hydrogens is 664 g/mol. The minimum absolute atomic E-state index is 0.171. The van der Waals surface area contributed by atoms with Gasteiger partial charge in [-0.15, -0.1) is 0 Å². The first kappa shape index (κ1) is 28.2. The topological polar surface area (TPSA) is 93.6 Å². The Labute approximate surface area is 258 Å². The first-order valence-corrected chi connectivity index (χ1v) is 15.0. The Bertz CT molecular complexity index is 1770. The number of hydrogen-bond donors (Lipinski definition) is 0. The van der Waals surface area contributed by atoms with Crippen molar-refractivity contribution in [1.82, 2.24) is 4.98 Å². The summed E-state index contributed by atoms with van der Waals surface area (Å²) in [4.78, 5) is 58.2. The maximum absolute atomic E-state index is 13.4. The van der Waals surface area contributed by atoms with E-state index in [4.69, 9.17) is 9.72 Å². The predicted octanol–water partition coefficient (Wildman–Crippen LogP) is 7.23. The largest absolute Gasteiger partial charge is 0.454 e. The van der Waals surface area contributed by atoms with Crippen LogP contribution in [0.15, 0.2) is 87.8 Å². The number of carbonyl (C=O) groups is 4. The first-order chi connectivity index (χ1) is 20.2. The Morgan fingerprint density at radius 2 is 1.52 bits per heavy atom. The highest BCUT2D eigenvalue weighted by atomic mass is 79.9. The van der Waals surface area contributed by atoms with Gasteiger partial charge in [0.2, 0.25) is 11.8 Å². The molecule has 1 aliphatic heterocycles. The number of aromatic nitrogens is 1. The molecule has 0 saturated carbocycles. The van der Waals surface area contributed by atoms with Crippen LogP contribution in [-0.4, -0.2) is 35.2 Å². The van der Waals surface area contributed by atoms with E-state index in [-0.39, 0.29) is 35.0 Å². The number of hydrogen-bond acceptors (Lipinski definition) is 6. The van der Waals surface area contributed by atoms with Crippen molar-refractivity contribution in [3.8, 4) is 11.3 Å². The lowest BCUT2D eigenvalue weighted by atomic mass is 9.85. The second kappa shape index (κ2) is 11.4. The highest BCUT2D eigenvalue weighted by molar-refractivity contribution is 9.10. The van der Waals surface area contributed by atoms with Crippen molar-refractivity contribution in [2.75, 3.05) is 11.5 Å². The number of fused-ring (bicyclic) bond motifs is 2. The molecule has 0 bridgehead atoms. The average Bonchev–Trinajstić information content (AvgIpc) is 3.25. The molecule has 1 aromatic heterocycles. The van der Waals surface area contributed by atoms with E-state index >= 15 is 0 Å². The molecule has 7 nitrogen and oxygen atoms in total. The third kappa shape index (κ3) is 5.23. The molecule has 6 rings (SSSR count). The SMILES string of the molecule is Cc1cc(Br)cc2c(C(=O)OCC(=O)c3ccc(Br)cc3)cc(-c3ccc(N4C(=O)C5CC=CCC5C4=O)cc3)nc12. The van der Waals surface area contributed by atoms with Crippen molar-refractivity contribution >= 4 is 72.0 Å². The number of benzene rings is 3. The molecule has 2 amide bonds. The number of ether oxygens (including phenoxy) is 1. The van der Waals surface area contributed by atoms with Crippen molar-refractivity contribution < 1.29 is 23.9 Å². The molecule has 1 saturated heterocycles. The molecule has 1 aliphatic carbocycles. The van der Waals surface area contributed by atoms with Crippen LogP contribution in [0.25, 0.3) is 22.2 Å². The van der Waals surface area contributed by atoms with Gasteiger partial charge in [0.15, 0.2) is 12.4 Å². The van der Waals surface area contributed by atoms with Crippen molar-refractivity contribution in [2.24, 2.45) is 11.8 Å². The Balaban J connectivity index is 1.31. The molecule has 2 aliphatic rings. The number of carbonyl (C=O) groups excluding carboxylic acids is 4. The molecule has 1 fully saturated rings. The second-order valence-corrected chi connectivity index (χ2v) is 12.2. The molecule has 4 aromatic rings. The number of esters is 1. The quantitative estimate of drug-likeness (QED) is 0.0919. The van der Waals surface area contributed by atoms with Gasteiger partial charge >= 0.3 is 5.97 Å². The van der Waals surface area contributed by atoms with Crippen LogP contribution < -0.4 is 4.90 Å². The summed E-state index contributed by atoms with van der Waals surface area (Å²) in [5.74, 6) is -1.92. The van der Waals surface area contributed by atoms with E-state index in [2.05, 4.69) is 31.9 Å². The van der Waals surface area contributed by atoms with E-state index in [0.717, 1.165) is 14.5 Å². The maximum Gasteiger partial charge on any atom is 0.339 e. The predicted molar refractivity (Wildman–Crippen MR) is 166 cm³/mol. The lowest BCUT2D eigenvalue weighted by Crippen LogP contribution is -2.30. The molecule has 3 aromatic carbocycles. The van der Waals surface area contributed by atoms with Gasteiger partial charge in [0.1, 0.15) is 0 Å². The Morgan fingerprint density at radius 3 is 2.17 bits per heavy atom. The number of ketones is 1. The van der Waals surface area contributed by atoms with Crippen LogP contribution in [0.1, 0.15) is 39.1 Å². The van der Waals surface area contributed by atoms with Crippen molar-refractivity contribution in [1.29, 1.82) is 0 Å². The zero-order valence-corrected chi connectivity index (χ0v) is 25.6. The van der Waals surface area contributed by atoms with Crippen LogP contribution >= 0.6 is 31.9 Å². The molecule has 0 spiro atoms. The Hall–Kier alpha value is -3.95. The van der Waals surface area contributed by atoms with Gasteiger partial charge in [-0.1, -0.05) is 68.3 Å². The molecule has 0 N–H and O–H groups in total. The number of amides is 2. The summed E-state index contributed by atoms with van der Waals surface area (Å²) >= 11 is 6.85. The number of halogens is 2. The average molecular weight is 688 g/mol. The number of Topliss-reactive ketones (excluding diaryl/α,β-unsaturated/α-hetero) is 1. The van der Waals surface area contributed by atoms with E-state index in [1.54, 1.807) is 60.7 Å². The lowest BCUT2D eigenvalue weighted by Gasteiger charge is -2.16. The number of anilines is 1. The fraction of sp³-hybridized carbons (Fsp3) is 0.182. The van der Waals surface area contributed by atoms with Gasteiger partial charge in [0.25, 0.3) is 0 Å². The summed E-state index contributed by atoms with van der Waals surface area (Å²) in [5, 5.41) is 0.591. The van der Waals surface area contributed by atoms with Crippen LogP contribution in [0.2, 0.25) is 0 Å². The monoisotopic (exact) mass is 686 g/mol. The van der Waals surface area contributed by atoms with Gasteiger partial charge in [-0.3, -0.25) is 19.3 Å². The van der Waals surface area contributed by atoms with Crippen LogP contribution in [-0.2, 0) is 14.3 Å². The number of imide groups is 1. The van der Waals surface area contributed by atoms with Gasteiger partial charge in [-0.25, -0.2) is 9.78 Å². The summed E-state index contributed by atoms with van der Waals surface area (Å²) in [6.45, 7) is 1.49. The fourth-order valence-corrected chi connectivity index (χ4v) is 6.37. The number of allylic oxidation sites excluding steroid dienone is 2. The van der Waals surface area contributed by atoms with Crippen LogP contribution in [0.5, 0.6) is 0 Å². The van der Waals surface area contributed by atoms with Gasteiger partial charge in [-0.2, -0.15) is 0 Å². The van der Waals surface area contributed by atoms with E-state index in [9.17, 15) is 19.2 Å². The minimum Gasteiger partial charge on any atom is -0.454 e. The van der Waals surface area contributed by atoms with Gasteiger partial charge in [0.05, 0.1) is 34.3 Å². The van der Waals surface area contributed by atoms with E-state index in [0.29, 0.717) is 46.3 Å². The molecule has 2 heterocycles.